The molecule has 1 fully saturated rings. The second-order valence-electron chi connectivity index (χ2n) is 11.7. The molecule has 5 atom stereocenters. The molecule has 0 saturated heterocycles. The first-order valence-corrected chi connectivity index (χ1v) is 16.9. The minimum absolute atomic E-state index is 0.00439. The van der Waals surface area contributed by atoms with Crippen LogP contribution < -0.4 is 14.8 Å². The lowest BCUT2D eigenvalue weighted by Gasteiger charge is -2.43. The van der Waals surface area contributed by atoms with Crippen LogP contribution >= 0.6 is 11.6 Å². The Kier molecular flexibility index (Phi) is 9.74. The summed E-state index contributed by atoms with van der Waals surface area (Å²) in [5.41, 5.74) is 3.66. The van der Waals surface area contributed by atoms with Crippen molar-refractivity contribution < 1.29 is 18.5 Å². The molecule has 2 aliphatic heterocycles. The zero-order valence-electron chi connectivity index (χ0n) is 24.1. The molecular formula is C32H42ClN3O4S. The molecule has 2 aromatic carbocycles. The molecule has 2 N–H and O–H groups in total. The van der Waals surface area contributed by atoms with Crippen molar-refractivity contribution >= 4 is 33.1 Å². The fourth-order valence-corrected chi connectivity index (χ4v) is 8.02. The van der Waals surface area contributed by atoms with Crippen LogP contribution in [0.15, 0.2) is 52.9 Å². The summed E-state index contributed by atoms with van der Waals surface area (Å²) in [6, 6.07) is 11.5. The number of ether oxygens (including phenoxy) is 2. The minimum atomic E-state index is -3.20. The third-order valence-corrected chi connectivity index (χ3v) is 10.5. The number of hydrogen-bond donors (Lipinski definition) is 1. The van der Waals surface area contributed by atoms with Gasteiger partial charge in [-0.05, 0) is 97.7 Å². The van der Waals surface area contributed by atoms with Crippen molar-refractivity contribution in [1.82, 2.24) is 0 Å². The van der Waals surface area contributed by atoms with Gasteiger partial charge in [0.05, 0.1) is 18.4 Å². The number of nitrogens with two attached hydrogens (primary N) is 1. The molecule has 1 amide bonds. The second kappa shape index (κ2) is 13.3. The number of halogens is 1. The van der Waals surface area contributed by atoms with E-state index in [1.807, 2.05) is 25.1 Å². The summed E-state index contributed by atoms with van der Waals surface area (Å²) >= 11 is 6.41. The summed E-state index contributed by atoms with van der Waals surface area (Å²) < 4.78 is 29.6. The summed E-state index contributed by atoms with van der Waals surface area (Å²) in [6.07, 6.45) is 10.8. The molecule has 1 aliphatic carbocycles. The third kappa shape index (κ3) is 7.34. The third-order valence-electron chi connectivity index (χ3n) is 8.88. The molecule has 5 rings (SSSR count). The average Bonchev–Trinajstić information content (AvgIpc) is 2.96. The van der Waals surface area contributed by atoms with E-state index in [-0.39, 0.29) is 17.8 Å². The van der Waals surface area contributed by atoms with Crippen molar-refractivity contribution in [2.75, 3.05) is 30.9 Å². The van der Waals surface area contributed by atoms with Crippen LogP contribution in [0.1, 0.15) is 66.9 Å². The number of amides is 1. The number of aryl methyl sites for hydroxylation is 1. The van der Waals surface area contributed by atoms with Gasteiger partial charge >= 0.3 is 0 Å². The van der Waals surface area contributed by atoms with Gasteiger partial charge in [0.2, 0.25) is 0 Å². The van der Waals surface area contributed by atoms with Gasteiger partial charge in [0.1, 0.15) is 15.7 Å². The maximum absolute atomic E-state index is 13.4. The van der Waals surface area contributed by atoms with Crippen LogP contribution in [0, 0.1) is 17.8 Å². The lowest BCUT2D eigenvalue weighted by Crippen LogP contribution is -2.43. The lowest BCUT2D eigenvalue weighted by molar-refractivity contribution is 0.0133. The summed E-state index contributed by atoms with van der Waals surface area (Å²) in [6.45, 7) is 4.07. The molecule has 2 heterocycles. The number of rotatable bonds is 2. The Balaban J connectivity index is 1.62. The van der Waals surface area contributed by atoms with Crippen molar-refractivity contribution in [2.45, 2.75) is 64.5 Å². The number of nitrogens with zero attached hydrogens (tertiary/aromatic N) is 2. The summed E-state index contributed by atoms with van der Waals surface area (Å²) in [4.78, 5) is 15.7. The molecule has 1 saturated carbocycles. The Morgan fingerprint density at radius 1 is 1.17 bits per heavy atom. The van der Waals surface area contributed by atoms with Gasteiger partial charge in [0.25, 0.3) is 5.91 Å². The highest BCUT2D eigenvalue weighted by atomic mass is 35.5. The Labute approximate surface area is 249 Å². The first kappa shape index (κ1) is 30.1. The van der Waals surface area contributed by atoms with E-state index < -0.39 is 15.8 Å². The minimum Gasteiger partial charge on any atom is -0.491 e. The molecule has 222 valence electrons. The summed E-state index contributed by atoms with van der Waals surface area (Å²) in [5, 5.41) is 6.89. The van der Waals surface area contributed by atoms with Crippen LogP contribution in [-0.2, 0) is 27.6 Å². The summed E-state index contributed by atoms with van der Waals surface area (Å²) in [5.74, 6) is 1.21. The predicted molar refractivity (Wildman–Crippen MR) is 166 cm³/mol. The van der Waals surface area contributed by atoms with Crippen molar-refractivity contribution in [3.05, 3.63) is 70.3 Å². The van der Waals surface area contributed by atoms with Gasteiger partial charge in [-0.3, -0.25) is 4.79 Å². The topological polar surface area (TPSA) is 94.2 Å². The zero-order chi connectivity index (χ0) is 29.0. The average molecular weight is 600 g/mol. The standard InChI is InChI=1S/C32H42ClN3O4S/c1-3-22-7-6-9-30(39-2)28-14-11-26(28)20-36-19-25-10-13-27(33)17-23(25)8-4-5-16-40-31-15-12-24(18-29(31)36)32(37)35-41(34,38)21-22/h6,9-10,12-13,15,17-18,22,26,28,30H,3-5,7-8,11,14,16,19-21H2,1-2H3,(H2,34,35,37,38)/b9-6+/t22-,26-,28+,30-,41?/m0/s1. The van der Waals surface area contributed by atoms with Crippen molar-refractivity contribution in [2.24, 2.45) is 27.3 Å². The first-order valence-electron chi connectivity index (χ1n) is 14.8. The number of allylic oxidation sites excluding steroid dienone is 1. The number of methoxy groups -OCH3 is 1. The van der Waals surface area contributed by atoms with Crippen molar-refractivity contribution in [3.8, 4) is 5.75 Å². The molecule has 0 spiro atoms. The fourth-order valence-electron chi connectivity index (χ4n) is 6.31. The Morgan fingerprint density at radius 2 is 2.02 bits per heavy atom. The maximum Gasteiger partial charge on any atom is 0.286 e. The van der Waals surface area contributed by atoms with E-state index in [4.69, 9.17) is 26.2 Å². The zero-order valence-corrected chi connectivity index (χ0v) is 25.7. The molecule has 3 aliphatic rings. The normalized spacial score (nSPS) is 30.0. The molecular weight excluding hydrogens is 558 g/mol. The van der Waals surface area contributed by atoms with Crippen molar-refractivity contribution in [3.63, 3.8) is 0 Å². The maximum atomic E-state index is 13.4. The Morgan fingerprint density at radius 3 is 2.78 bits per heavy atom. The monoisotopic (exact) mass is 599 g/mol. The number of carbonyl (C=O) groups is 1. The highest BCUT2D eigenvalue weighted by Gasteiger charge is 2.38. The van der Waals surface area contributed by atoms with Gasteiger partial charge in [0, 0.05) is 36.5 Å². The largest absolute Gasteiger partial charge is 0.491 e. The predicted octanol–water partition coefficient (Wildman–Crippen LogP) is 6.57. The molecule has 1 unspecified atom stereocenters. The highest BCUT2D eigenvalue weighted by molar-refractivity contribution is 7.91. The summed E-state index contributed by atoms with van der Waals surface area (Å²) in [7, 11) is -1.42. The number of carbonyl (C=O) groups excluding carboxylic acids is 1. The lowest BCUT2D eigenvalue weighted by atomic mass is 9.70. The first-order chi connectivity index (χ1) is 19.8. The fraction of sp³-hybridized carbons (Fsp3) is 0.531. The van der Waals surface area contributed by atoms with Crippen LogP contribution in [0.3, 0.4) is 0 Å². The van der Waals surface area contributed by atoms with Crippen LogP contribution in [0.5, 0.6) is 5.75 Å². The number of fused-ring (bicyclic) bond motifs is 3. The van der Waals surface area contributed by atoms with Gasteiger partial charge in [0.15, 0.2) is 0 Å². The van der Waals surface area contributed by atoms with E-state index in [1.165, 1.54) is 11.1 Å². The van der Waals surface area contributed by atoms with E-state index >= 15 is 0 Å². The van der Waals surface area contributed by atoms with Gasteiger partial charge < -0.3 is 14.4 Å². The number of benzene rings is 2. The number of hydrogen-bond acceptors (Lipinski definition) is 5. The van der Waals surface area contributed by atoms with Crippen molar-refractivity contribution in [1.29, 1.82) is 0 Å². The highest BCUT2D eigenvalue weighted by Crippen LogP contribution is 2.42. The van der Waals surface area contributed by atoms with Gasteiger partial charge in [-0.1, -0.05) is 43.2 Å². The van der Waals surface area contributed by atoms with Gasteiger partial charge in [-0.2, -0.15) is 0 Å². The van der Waals surface area contributed by atoms with Crippen LogP contribution in [0.4, 0.5) is 5.69 Å². The molecule has 0 aromatic heterocycles. The van der Waals surface area contributed by atoms with E-state index in [0.29, 0.717) is 37.0 Å². The quantitative estimate of drug-likeness (QED) is 0.394. The van der Waals surface area contributed by atoms with Gasteiger partial charge in [-0.25, -0.2) is 9.35 Å². The molecule has 0 radical (unpaired) electrons. The SMILES string of the molecule is CC[C@H]1C/C=C/[C@H](OC)[C@@H]2CC[C@H]2CN2Cc3ccc(Cl)cc3CCCCOc3ccc(cc32)C(=O)N=S(N)(=O)C1. The van der Waals surface area contributed by atoms with E-state index in [1.54, 1.807) is 13.2 Å². The smallest absolute Gasteiger partial charge is 0.286 e. The van der Waals surface area contributed by atoms with E-state index in [9.17, 15) is 9.00 Å². The van der Waals surface area contributed by atoms with E-state index in [0.717, 1.165) is 61.5 Å². The molecule has 7 nitrogen and oxygen atoms in total. The molecule has 2 aromatic rings. The molecule has 9 heteroatoms. The number of anilines is 1. The van der Waals surface area contributed by atoms with Gasteiger partial charge in [-0.15, -0.1) is 4.36 Å². The Hall–Kier alpha value is -2.39. The van der Waals surface area contributed by atoms with Crippen LogP contribution in [0.2, 0.25) is 5.02 Å². The second-order valence-corrected chi connectivity index (χ2v) is 14.0. The van der Waals surface area contributed by atoms with E-state index in [2.05, 4.69) is 33.5 Å². The molecule has 41 heavy (non-hydrogen) atoms. The van der Waals surface area contributed by atoms with Crippen LogP contribution in [-0.4, -0.2) is 42.2 Å². The van der Waals surface area contributed by atoms with Crippen LogP contribution in [0.25, 0.3) is 0 Å². The molecule has 2 bridgehead atoms. The Bertz CT molecular complexity index is 1400.